The van der Waals surface area contributed by atoms with Gasteiger partial charge in [0.15, 0.2) is 5.17 Å². The lowest BCUT2D eigenvalue weighted by molar-refractivity contribution is -0.129. The van der Waals surface area contributed by atoms with Crippen LogP contribution in [0.2, 0.25) is 0 Å². The summed E-state index contributed by atoms with van der Waals surface area (Å²) >= 11 is 1.41. The van der Waals surface area contributed by atoms with Crippen molar-refractivity contribution >= 4 is 46.2 Å². The van der Waals surface area contributed by atoms with Crippen LogP contribution in [-0.4, -0.2) is 45.3 Å². The van der Waals surface area contributed by atoms with Gasteiger partial charge >= 0.3 is 6.09 Å². The Bertz CT molecular complexity index is 1600. The molecule has 0 saturated carbocycles. The molecule has 4 aromatic rings. The van der Waals surface area contributed by atoms with E-state index in [1.807, 2.05) is 36.4 Å². The molecule has 3 aromatic carbocycles. The average Bonchev–Trinajstić information content (AvgIpc) is 3.02. The third kappa shape index (κ3) is 8.26. The maximum absolute atomic E-state index is 13.8. The maximum atomic E-state index is 13.8. The number of thioether (sulfide) groups is 1. The van der Waals surface area contributed by atoms with Gasteiger partial charge in [0.2, 0.25) is 11.8 Å². The lowest BCUT2D eigenvalue weighted by Gasteiger charge is -2.33. The van der Waals surface area contributed by atoms with Crippen molar-refractivity contribution in [1.29, 1.82) is 0 Å². The molecule has 11 heteroatoms. The number of aliphatic imine (C=N–C) groups is 1. The van der Waals surface area contributed by atoms with E-state index >= 15 is 0 Å². The van der Waals surface area contributed by atoms with Gasteiger partial charge in [0.05, 0.1) is 18.2 Å². The highest BCUT2D eigenvalue weighted by Crippen LogP contribution is 2.33. The van der Waals surface area contributed by atoms with E-state index < -0.39 is 23.7 Å². The highest BCUT2D eigenvalue weighted by atomic mass is 32.2. The van der Waals surface area contributed by atoms with Crippen molar-refractivity contribution in [2.24, 2.45) is 4.99 Å². The topological polar surface area (TPSA) is 113 Å². The number of halogens is 1. The highest BCUT2D eigenvalue weighted by Gasteiger charge is 2.35. The Morgan fingerprint density at radius 1 is 1.00 bits per heavy atom. The van der Waals surface area contributed by atoms with Crippen molar-refractivity contribution in [3.05, 3.63) is 126 Å². The molecule has 0 aliphatic carbocycles. The Balaban J connectivity index is 1.20. The second-order valence-electron chi connectivity index (χ2n) is 9.61. The minimum absolute atomic E-state index is 0.103. The monoisotopic (exact) mass is 597 g/mol. The molecule has 0 bridgehead atoms. The highest BCUT2D eigenvalue weighted by molar-refractivity contribution is 8.14. The van der Waals surface area contributed by atoms with Crippen molar-refractivity contribution in [2.75, 3.05) is 17.6 Å². The molecule has 1 atom stereocenters. The fourth-order valence-corrected chi connectivity index (χ4v) is 5.46. The number of amides is 3. The van der Waals surface area contributed by atoms with Gasteiger partial charge in [-0.3, -0.25) is 19.5 Å². The fourth-order valence-electron chi connectivity index (χ4n) is 4.33. The van der Waals surface area contributed by atoms with Crippen LogP contribution in [-0.2, 0) is 27.5 Å². The van der Waals surface area contributed by atoms with Crippen molar-refractivity contribution < 1.29 is 23.5 Å². The summed E-state index contributed by atoms with van der Waals surface area (Å²) in [5.74, 6) is -0.991. The van der Waals surface area contributed by atoms with E-state index in [0.29, 0.717) is 22.3 Å². The number of nitrogens with zero attached hydrogens (tertiary/aromatic N) is 3. The summed E-state index contributed by atoms with van der Waals surface area (Å²) in [4.78, 5) is 48.4. The zero-order chi connectivity index (χ0) is 30.0. The molecular formula is C32H28FN5O4S. The second-order valence-corrected chi connectivity index (χ2v) is 10.6. The number of anilines is 1. The van der Waals surface area contributed by atoms with Gasteiger partial charge in [-0.05, 0) is 53.1 Å². The normalized spacial score (nSPS) is 15.7. The van der Waals surface area contributed by atoms with Gasteiger partial charge in [-0.2, -0.15) is 0 Å². The molecule has 1 aliphatic heterocycles. The fraction of sp³-hybridized carbons (Fsp3) is 0.156. The quantitative estimate of drug-likeness (QED) is 0.259. The number of alkyl carbamates (subject to hydrolysis) is 1. The van der Waals surface area contributed by atoms with E-state index in [9.17, 15) is 18.8 Å². The number of ether oxygens (including phenoxy) is 1. The van der Waals surface area contributed by atoms with Gasteiger partial charge in [-0.15, -0.1) is 0 Å². The van der Waals surface area contributed by atoms with E-state index in [4.69, 9.17) is 4.74 Å². The number of benzene rings is 3. The number of aromatic nitrogens is 1. The third-order valence-electron chi connectivity index (χ3n) is 6.47. The predicted molar refractivity (Wildman–Crippen MR) is 163 cm³/mol. The molecule has 1 aliphatic rings. The molecule has 1 saturated heterocycles. The van der Waals surface area contributed by atoms with Crippen LogP contribution >= 0.6 is 11.8 Å². The number of hydrogen-bond acceptors (Lipinski definition) is 7. The van der Waals surface area contributed by atoms with Gasteiger partial charge in [0.25, 0.3) is 0 Å². The molecule has 0 spiro atoms. The summed E-state index contributed by atoms with van der Waals surface area (Å²) in [5, 5.41) is 5.64. The first-order valence-electron chi connectivity index (χ1n) is 13.5. The Hall–Kier alpha value is -5.03. The molecular weight excluding hydrogens is 569 g/mol. The summed E-state index contributed by atoms with van der Waals surface area (Å²) in [5.41, 5.74) is 3.39. The van der Waals surface area contributed by atoms with E-state index in [2.05, 4.69) is 20.6 Å². The van der Waals surface area contributed by atoms with Crippen LogP contribution in [0.25, 0.3) is 0 Å². The van der Waals surface area contributed by atoms with Crippen LogP contribution < -0.4 is 10.6 Å². The van der Waals surface area contributed by atoms with Crippen molar-refractivity contribution in [2.45, 2.75) is 19.1 Å². The van der Waals surface area contributed by atoms with E-state index in [1.165, 1.54) is 23.9 Å². The molecule has 218 valence electrons. The lowest BCUT2D eigenvalue weighted by atomic mass is 9.98. The largest absolute Gasteiger partial charge is 0.445 e. The first kappa shape index (κ1) is 29.5. The summed E-state index contributed by atoms with van der Waals surface area (Å²) in [6.45, 7) is 0.106. The SMILES string of the molecule is O=C(CNC(=O)OCc1ccccc1)Nc1ccc(C2CSC(=Nc3cccc(F)c3)N(Cc3cccnc3)C2=O)cc1. The third-order valence-corrected chi connectivity index (χ3v) is 7.54. The Morgan fingerprint density at radius 2 is 1.79 bits per heavy atom. The summed E-state index contributed by atoms with van der Waals surface area (Å²) in [6, 6.07) is 25.8. The number of carbonyl (C=O) groups excluding carboxylic acids is 3. The summed E-state index contributed by atoms with van der Waals surface area (Å²) in [7, 11) is 0. The zero-order valence-electron chi connectivity index (χ0n) is 23.0. The molecule has 43 heavy (non-hydrogen) atoms. The smallest absolute Gasteiger partial charge is 0.407 e. The predicted octanol–water partition coefficient (Wildman–Crippen LogP) is 5.63. The van der Waals surface area contributed by atoms with Gasteiger partial charge < -0.3 is 15.4 Å². The number of nitrogens with one attached hydrogen (secondary N) is 2. The maximum Gasteiger partial charge on any atom is 0.407 e. The van der Waals surface area contributed by atoms with Crippen molar-refractivity contribution in [3.63, 3.8) is 0 Å². The first-order chi connectivity index (χ1) is 20.9. The van der Waals surface area contributed by atoms with Gasteiger partial charge in [-0.25, -0.2) is 14.2 Å². The number of pyridine rings is 1. The number of rotatable bonds is 9. The molecule has 2 N–H and O–H groups in total. The summed E-state index contributed by atoms with van der Waals surface area (Å²) < 4.78 is 18.9. The minimum atomic E-state index is -0.696. The van der Waals surface area contributed by atoms with Crippen LogP contribution in [0.3, 0.4) is 0 Å². The number of hydrogen-bond donors (Lipinski definition) is 2. The lowest BCUT2D eigenvalue weighted by Crippen LogP contribution is -2.43. The van der Waals surface area contributed by atoms with Crippen LogP contribution in [0.4, 0.5) is 20.6 Å². The molecule has 9 nitrogen and oxygen atoms in total. The molecule has 0 radical (unpaired) electrons. The molecule has 1 unspecified atom stereocenters. The molecule has 1 fully saturated rings. The molecule has 3 amide bonds. The zero-order valence-corrected chi connectivity index (χ0v) is 23.8. The van der Waals surface area contributed by atoms with Crippen LogP contribution in [0.15, 0.2) is 108 Å². The standard InChI is InChI=1S/C32H28FN5O4S/c33-25-9-4-10-27(16-25)37-31-38(19-23-8-5-15-34-17-23)30(40)28(21-43-31)24-11-13-26(14-12-24)36-29(39)18-35-32(41)42-20-22-6-2-1-3-7-22/h1-17,28H,18-21H2,(H,35,41)(H,36,39). The number of amidine groups is 1. The average molecular weight is 598 g/mol. The van der Waals surface area contributed by atoms with Gasteiger partial charge in [0, 0.05) is 23.8 Å². The van der Waals surface area contributed by atoms with Gasteiger partial charge in [0.1, 0.15) is 19.0 Å². The Labute approximate surface area is 252 Å². The molecule has 5 rings (SSSR count). The Morgan fingerprint density at radius 3 is 2.53 bits per heavy atom. The van der Waals surface area contributed by atoms with Crippen molar-refractivity contribution in [3.8, 4) is 0 Å². The molecule has 1 aromatic heterocycles. The Kier molecular flexibility index (Phi) is 9.75. The van der Waals surface area contributed by atoms with Crippen LogP contribution in [0.5, 0.6) is 0 Å². The van der Waals surface area contributed by atoms with Crippen molar-refractivity contribution in [1.82, 2.24) is 15.2 Å². The van der Waals surface area contributed by atoms with E-state index in [-0.39, 0.29) is 25.6 Å². The first-order valence-corrected chi connectivity index (χ1v) is 14.4. The van der Waals surface area contributed by atoms with Crippen LogP contribution in [0.1, 0.15) is 22.6 Å². The minimum Gasteiger partial charge on any atom is -0.445 e. The second kappa shape index (κ2) is 14.2. The van der Waals surface area contributed by atoms with Gasteiger partial charge in [-0.1, -0.05) is 66.4 Å². The summed E-state index contributed by atoms with van der Waals surface area (Å²) in [6.07, 6.45) is 2.66. The molecule has 2 heterocycles. The van der Waals surface area contributed by atoms with Crippen LogP contribution in [0, 0.1) is 5.82 Å². The van der Waals surface area contributed by atoms with E-state index in [0.717, 1.165) is 16.7 Å². The number of carbonyl (C=O) groups is 3. The van der Waals surface area contributed by atoms with E-state index in [1.54, 1.807) is 59.8 Å².